The standard InChI is InChI=1S/C8H16NO8P/c1-3-6(11)7(12)5(9-4(2)10)8(16-3)17-18(13,14)15/h3,5-8,11-12H,1-2H3,(H,9,10)(H2,13,14,15)/t3-,5-,6+,7-,8-/m1/s1. The summed E-state index contributed by atoms with van der Waals surface area (Å²) in [7, 11) is -4.86. The number of nitrogens with one attached hydrogen (secondary N) is 1. The van der Waals surface area contributed by atoms with Crippen molar-refractivity contribution in [1.29, 1.82) is 0 Å². The highest BCUT2D eigenvalue weighted by Gasteiger charge is 2.46. The first-order chi connectivity index (χ1) is 8.11. The Balaban J connectivity index is 2.88. The van der Waals surface area contributed by atoms with Crippen molar-refractivity contribution in [3.8, 4) is 0 Å². The largest absolute Gasteiger partial charge is 0.472 e. The average Bonchev–Trinajstić information content (AvgIpc) is 2.18. The van der Waals surface area contributed by atoms with E-state index in [1.54, 1.807) is 0 Å². The average molecular weight is 285 g/mol. The van der Waals surface area contributed by atoms with Crippen LogP contribution >= 0.6 is 7.82 Å². The summed E-state index contributed by atoms with van der Waals surface area (Å²) in [6.45, 7) is 2.54. The maximum Gasteiger partial charge on any atom is 0.472 e. The van der Waals surface area contributed by atoms with Crippen LogP contribution in [-0.4, -0.2) is 56.6 Å². The molecule has 10 heteroatoms. The molecular weight excluding hydrogens is 269 g/mol. The summed E-state index contributed by atoms with van der Waals surface area (Å²) < 4.78 is 20.1. The van der Waals surface area contributed by atoms with Crippen molar-refractivity contribution < 1.29 is 38.6 Å². The number of phosphoric acid groups is 1. The van der Waals surface area contributed by atoms with Crippen LogP contribution in [0.5, 0.6) is 0 Å². The van der Waals surface area contributed by atoms with E-state index < -0.39 is 44.4 Å². The summed E-state index contributed by atoms with van der Waals surface area (Å²) in [5.74, 6) is -0.566. The molecule has 0 aromatic heterocycles. The van der Waals surface area contributed by atoms with Gasteiger partial charge in [-0.25, -0.2) is 4.57 Å². The normalized spacial score (nSPS) is 37.3. The van der Waals surface area contributed by atoms with E-state index in [-0.39, 0.29) is 0 Å². The maximum atomic E-state index is 10.9. The van der Waals surface area contributed by atoms with Gasteiger partial charge in [0.15, 0.2) is 6.29 Å². The van der Waals surface area contributed by atoms with Gasteiger partial charge in [0.2, 0.25) is 5.91 Å². The number of phosphoric ester groups is 1. The van der Waals surface area contributed by atoms with Crippen molar-refractivity contribution in [3.05, 3.63) is 0 Å². The fourth-order valence-electron chi connectivity index (χ4n) is 1.64. The second kappa shape index (κ2) is 5.62. The molecule has 0 radical (unpaired) electrons. The minimum absolute atomic E-state index is 0.566. The molecule has 0 aromatic rings. The molecule has 0 saturated carbocycles. The van der Waals surface area contributed by atoms with Crippen molar-refractivity contribution in [3.63, 3.8) is 0 Å². The van der Waals surface area contributed by atoms with Gasteiger partial charge in [-0.15, -0.1) is 0 Å². The Morgan fingerprint density at radius 1 is 1.33 bits per heavy atom. The molecule has 5 atom stereocenters. The van der Waals surface area contributed by atoms with E-state index in [4.69, 9.17) is 14.5 Å². The molecular formula is C8H16NO8P. The van der Waals surface area contributed by atoms with Crippen molar-refractivity contribution in [1.82, 2.24) is 5.32 Å². The zero-order valence-corrected chi connectivity index (χ0v) is 10.7. The van der Waals surface area contributed by atoms with Gasteiger partial charge in [-0.3, -0.25) is 9.32 Å². The van der Waals surface area contributed by atoms with Gasteiger partial charge >= 0.3 is 7.82 Å². The molecule has 0 aliphatic carbocycles. The predicted molar refractivity (Wildman–Crippen MR) is 57.1 cm³/mol. The number of amides is 1. The summed E-state index contributed by atoms with van der Waals surface area (Å²) in [4.78, 5) is 28.4. The SMILES string of the molecule is CC(=O)N[C@H]1[C@@H](OP(=O)(O)O)O[C@H](C)[C@H](O)[C@@H]1O. The fraction of sp³-hybridized carbons (Fsp3) is 0.875. The van der Waals surface area contributed by atoms with E-state index in [2.05, 4.69) is 9.84 Å². The van der Waals surface area contributed by atoms with Gasteiger partial charge in [-0.1, -0.05) is 0 Å². The molecule has 9 nitrogen and oxygen atoms in total. The van der Waals surface area contributed by atoms with Crippen LogP contribution in [0.25, 0.3) is 0 Å². The lowest BCUT2D eigenvalue weighted by Gasteiger charge is -2.41. The predicted octanol–water partition coefficient (Wildman–Crippen LogP) is -1.93. The second-order valence-electron chi connectivity index (χ2n) is 4.01. The van der Waals surface area contributed by atoms with E-state index in [1.165, 1.54) is 6.92 Å². The van der Waals surface area contributed by atoms with Crippen molar-refractivity contribution in [2.75, 3.05) is 0 Å². The Kier molecular flexibility index (Phi) is 4.84. The third-order valence-corrected chi connectivity index (χ3v) is 2.93. The minimum Gasteiger partial charge on any atom is -0.388 e. The van der Waals surface area contributed by atoms with E-state index in [0.717, 1.165) is 6.92 Å². The van der Waals surface area contributed by atoms with Gasteiger partial charge in [0, 0.05) is 6.92 Å². The van der Waals surface area contributed by atoms with E-state index in [0.29, 0.717) is 0 Å². The zero-order valence-electron chi connectivity index (χ0n) is 9.76. The van der Waals surface area contributed by atoms with Crippen LogP contribution in [0.3, 0.4) is 0 Å². The van der Waals surface area contributed by atoms with Crippen LogP contribution in [0.2, 0.25) is 0 Å². The first kappa shape index (κ1) is 15.5. The quantitative estimate of drug-likeness (QED) is 0.377. The monoisotopic (exact) mass is 285 g/mol. The van der Waals surface area contributed by atoms with Crippen LogP contribution < -0.4 is 5.32 Å². The Labute approximate surface area is 103 Å². The van der Waals surface area contributed by atoms with E-state index in [1.807, 2.05) is 0 Å². The molecule has 1 amide bonds. The molecule has 1 heterocycles. The summed E-state index contributed by atoms with van der Waals surface area (Å²) in [5.41, 5.74) is 0. The first-order valence-corrected chi connectivity index (χ1v) is 6.67. The number of aliphatic hydroxyl groups is 2. The smallest absolute Gasteiger partial charge is 0.388 e. The lowest BCUT2D eigenvalue weighted by atomic mass is 9.98. The molecule has 1 aliphatic rings. The van der Waals surface area contributed by atoms with Gasteiger partial charge in [-0.05, 0) is 6.92 Å². The van der Waals surface area contributed by atoms with Gasteiger partial charge in [0.1, 0.15) is 18.2 Å². The Morgan fingerprint density at radius 3 is 2.33 bits per heavy atom. The van der Waals surface area contributed by atoms with Gasteiger partial charge < -0.3 is 30.1 Å². The minimum atomic E-state index is -4.86. The molecule has 0 unspecified atom stereocenters. The third-order valence-electron chi connectivity index (χ3n) is 2.45. The topological polar surface area (TPSA) is 146 Å². The second-order valence-corrected chi connectivity index (χ2v) is 5.21. The van der Waals surface area contributed by atoms with Crippen LogP contribution in [0.1, 0.15) is 13.8 Å². The van der Waals surface area contributed by atoms with Gasteiger partial charge in [0.05, 0.1) is 6.10 Å². The number of carbonyl (C=O) groups is 1. The van der Waals surface area contributed by atoms with Crippen molar-refractivity contribution >= 4 is 13.7 Å². The number of rotatable bonds is 3. The highest BCUT2D eigenvalue weighted by molar-refractivity contribution is 7.46. The number of hydrogen-bond donors (Lipinski definition) is 5. The molecule has 1 aliphatic heterocycles. The molecule has 1 rings (SSSR count). The Morgan fingerprint density at radius 2 is 1.89 bits per heavy atom. The summed E-state index contributed by atoms with van der Waals surface area (Å²) in [6, 6.07) is -1.28. The van der Waals surface area contributed by atoms with Crippen LogP contribution in [-0.2, 0) is 18.6 Å². The number of carbonyl (C=O) groups excluding carboxylic acids is 1. The van der Waals surface area contributed by atoms with Crippen molar-refractivity contribution in [2.24, 2.45) is 0 Å². The lowest BCUT2D eigenvalue weighted by Crippen LogP contribution is -2.63. The van der Waals surface area contributed by atoms with E-state index in [9.17, 15) is 19.6 Å². The molecule has 1 saturated heterocycles. The highest BCUT2D eigenvalue weighted by atomic mass is 31.2. The summed E-state index contributed by atoms with van der Waals surface area (Å²) in [6.07, 6.45) is -5.22. The van der Waals surface area contributed by atoms with Crippen LogP contribution in [0.15, 0.2) is 0 Å². The van der Waals surface area contributed by atoms with Crippen LogP contribution in [0, 0.1) is 0 Å². The molecule has 18 heavy (non-hydrogen) atoms. The zero-order chi connectivity index (χ0) is 14.1. The molecule has 106 valence electrons. The fourth-order valence-corrected chi connectivity index (χ4v) is 2.09. The maximum absolute atomic E-state index is 10.9. The van der Waals surface area contributed by atoms with Crippen LogP contribution in [0.4, 0.5) is 0 Å². The van der Waals surface area contributed by atoms with Gasteiger partial charge in [0.25, 0.3) is 0 Å². The van der Waals surface area contributed by atoms with Gasteiger partial charge in [-0.2, -0.15) is 0 Å². The molecule has 0 spiro atoms. The Bertz CT molecular complexity index is 357. The molecule has 1 fully saturated rings. The number of aliphatic hydroxyl groups excluding tert-OH is 2. The number of hydrogen-bond acceptors (Lipinski definition) is 6. The highest BCUT2D eigenvalue weighted by Crippen LogP contribution is 2.40. The molecule has 0 bridgehead atoms. The number of ether oxygens (including phenoxy) is 1. The van der Waals surface area contributed by atoms with Crippen molar-refractivity contribution in [2.45, 2.75) is 44.5 Å². The summed E-state index contributed by atoms with van der Waals surface area (Å²) in [5, 5.41) is 21.5. The lowest BCUT2D eigenvalue weighted by molar-refractivity contribution is -0.236. The first-order valence-electron chi connectivity index (χ1n) is 5.14. The Hall–Kier alpha value is -0.540. The molecule has 0 aromatic carbocycles. The summed E-state index contributed by atoms with van der Waals surface area (Å²) >= 11 is 0. The van der Waals surface area contributed by atoms with E-state index >= 15 is 0 Å². The third kappa shape index (κ3) is 3.99. The molecule has 5 N–H and O–H groups in total.